The molecule has 156 valence electrons. The molecule has 3 aromatic carbocycles. The lowest BCUT2D eigenvalue weighted by Crippen LogP contribution is -2.25. The Balaban J connectivity index is 1.40. The van der Waals surface area contributed by atoms with Crippen LogP contribution in [0.5, 0.6) is 0 Å². The average molecular weight is 405 g/mol. The second-order valence-electron chi connectivity index (χ2n) is 7.17. The summed E-state index contributed by atoms with van der Waals surface area (Å²) in [5.41, 5.74) is 4.24. The SMILES string of the molecule is O=C(CNCCc1ccc(NCC(O)c2ccccc2)cc1)c1ccccc1CO. The molecule has 1 unspecified atom stereocenters. The maximum Gasteiger partial charge on any atom is 0.176 e. The summed E-state index contributed by atoms with van der Waals surface area (Å²) in [6, 6.07) is 24.8. The van der Waals surface area contributed by atoms with Gasteiger partial charge in [-0.2, -0.15) is 0 Å². The molecule has 3 rings (SSSR count). The second kappa shape index (κ2) is 11.3. The highest BCUT2D eigenvalue weighted by Gasteiger charge is 2.10. The fraction of sp³-hybridized carbons (Fsp3) is 0.240. The number of rotatable bonds is 11. The summed E-state index contributed by atoms with van der Waals surface area (Å²) < 4.78 is 0. The minimum atomic E-state index is -0.552. The van der Waals surface area contributed by atoms with Crippen molar-refractivity contribution >= 4 is 11.5 Å². The smallest absolute Gasteiger partial charge is 0.176 e. The van der Waals surface area contributed by atoms with Crippen molar-refractivity contribution in [1.82, 2.24) is 5.32 Å². The first-order valence-electron chi connectivity index (χ1n) is 10.2. The standard InChI is InChI=1S/C25H28N2O3/c28-18-21-8-4-5-9-23(21)25(30)16-26-15-14-19-10-12-22(13-11-19)27-17-24(29)20-6-2-1-3-7-20/h1-13,24,26-29H,14-18H2. The Hall–Kier alpha value is -2.99. The summed E-state index contributed by atoms with van der Waals surface area (Å²) >= 11 is 0. The largest absolute Gasteiger partial charge is 0.392 e. The van der Waals surface area contributed by atoms with Gasteiger partial charge in [0, 0.05) is 17.8 Å². The van der Waals surface area contributed by atoms with Crippen molar-refractivity contribution in [2.45, 2.75) is 19.1 Å². The van der Waals surface area contributed by atoms with E-state index in [4.69, 9.17) is 0 Å². The van der Waals surface area contributed by atoms with E-state index >= 15 is 0 Å². The van der Waals surface area contributed by atoms with Gasteiger partial charge in [0.25, 0.3) is 0 Å². The van der Waals surface area contributed by atoms with Gasteiger partial charge in [0.1, 0.15) is 0 Å². The van der Waals surface area contributed by atoms with E-state index in [0.29, 0.717) is 24.2 Å². The summed E-state index contributed by atoms with van der Waals surface area (Å²) in [5, 5.41) is 26.0. The molecule has 0 saturated heterocycles. The molecule has 0 aliphatic rings. The molecule has 0 aliphatic carbocycles. The van der Waals surface area contributed by atoms with E-state index in [1.165, 1.54) is 5.56 Å². The zero-order valence-corrected chi connectivity index (χ0v) is 16.9. The van der Waals surface area contributed by atoms with Crippen LogP contribution in [0.1, 0.15) is 33.2 Å². The predicted octanol–water partition coefficient (Wildman–Crippen LogP) is 3.34. The van der Waals surface area contributed by atoms with Gasteiger partial charge in [-0.05, 0) is 41.8 Å². The molecule has 30 heavy (non-hydrogen) atoms. The number of ketones is 1. The lowest BCUT2D eigenvalue weighted by Gasteiger charge is -2.13. The van der Waals surface area contributed by atoms with Crippen molar-refractivity contribution in [3.8, 4) is 0 Å². The first kappa shape index (κ1) is 21.7. The van der Waals surface area contributed by atoms with E-state index in [1.54, 1.807) is 18.2 Å². The van der Waals surface area contributed by atoms with Crippen LogP contribution in [0.25, 0.3) is 0 Å². The van der Waals surface area contributed by atoms with Gasteiger partial charge in [0.05, 0.1) is 19.3 Å². The van der Waals surface area contributed by atoms with Gasteiger partial charge in [0.15, 0.2) is 5.78 Å². The topological polar surface area (TPSA) is 81.6 Å². The number of hydrogen-bond donors (Lipinski definition) is 4. The van der Waals surface area contributed by atoms with Crippen molar-refractivity contribution in [3.63, 3.8) is 0 Å². The molecule has 0 saturated carbocycles. The molecular weight excluding hydrogens is 376 g/mol. The van der Waals surface area contributed by atoms with Crippen LogP contribution in [0.3, 0.4) is 0 Å². The van der Waals surface area contributed by atoms with E-state index in [0.717, 1.165) is 17.7 Å². The monoisotopic (exact) mass is 404 g/mol. The number of benzene rings is 3. The summed E-state index contributed by atoms with van der Waals surface area (Å²) in [6.45, 7) is 1.24. The summed E-state index contributed by atoms with van der Waals surface area (Å²) in [6.07, 6.45) is 0.255. The highest BCUT2D eigenvalue weighted by atomic mass is 16.3. The Morgan fingerprint density at radius 1 is 0.900 bits per heavy atom. The Labute approximate surface area is 177 Å². The molecule has 5 heteroatoms. The lowest BCUT2D eigenvalue weighted by atomic mass is 10.0. The van der Waals surface area contributed by atoms with Crippen LogP contribution in [-0.2, 0) is 13.0 Å². The van der Waals surface area contributed by atoms with E-state index in [-0.39, 0.29) is 18.9 Å². The second-order valence-corrected chi connectivity index (χ2v) is 7.17. The molecule has 0 spiro atoms. The maximum absolute atomic E-state index is 12.3. The highest BCUT2D eigenvalue weighted by Crippen LogP contribution is 2.15. The van der Waals surface area contributed by atoms with Crippen molar-refractivity contribution in [3.05, 3.63) is 101 Å². The Kier molecular flexibility index (Phi) is 8.15. The van der Waals surface area contributed by atoms with Gasteiger partial charge >= 0.3 is 0 Å². The number of hydrogen-bond acceptors (Lipinski definition) is 5. The first-order chi connectivity index (χ1) is 14.7. The van der Waals surface area contributed by atoms with Gasteiger partial charge in [-0.1, -0.05) is 66.7 Å². The number of anilines is 1. The van der Waals surface area contributed by atoms with E-state index in [9.17, 15) is 15.0 Å². The van der Waals surface area contributed by atoms with Gasteiger partial charge < -0.3 is 20.8 Å². The van der Waals surface area contributed by atoms with Crippen LogP contribution in [0.2, 0.25) is 0 Å². The minimum Gasteiger partial charge on any atom is -0.392 e. The van der Waals surface area contributed by atoms with Gasteiger partial charge in [-0.3, -0.25) is 4.79 Å². The molecule has 5 nitrogen and oxygen atoms in total. The van der Waals surface area contributed by atoms with Crippen LogP contribution in [-0.4, -0.2) is 35.6 Å². The van der Waals surface area contributed by atoms with Crippen LogP contribution in [0, 0.1) is 0 Å². The zero-order valence-electron chi connectivity index (χ0n) is 16.9. The fourth-order valence-electron chi connectivity index (χ4n) is 3.26. The van der Waals surface area contributed by atoms with Crippen molar-refractivity contribution in [2.24, 2.45) is 0 Å². The van der Waals surface area contributed by atoms with Gasteiger partial charge in [-0.25, -0.2) is 0 Å². The lowest BCUT2D eigenvalue weighted by molar-refractivity contribution is 0.0988. The number of nitrogens with one attached hydrogen (secondary N) is 2. The average Bonchev–Trinajstić information content (AvgIpc) is 2.81. The predicted molar refractivity (Wildman–Crippen MR) is 120 cm³/mol. The normalized spacial score (nSPS) is 11.8. The van der Waals surface area contributed by atoms with Crippen LogP contribution >= 0.6 is 0 Å². The van der Waals surface area contributed by atoms with Crippen molar-refractivity contribution in [1.29, 1.82) is 0 Å². The number of aliphatic hydroxyl groups excluding tert-OH is 2. The third-order valence-electron chi connectivity index (χ3n) is 5.00. The zero-order chi connectivity index (χ0) is 21.2. The van der Waals surface area contributed by atoms with Crippen LogP contribution < -0.4 is 10.6 Å². The van der Waals surface area contributed by atoms with Crippen molar-refractivity contribution < 1.29 is 15.0 Å². The van der Waals surface area contributed by atoms with Gasteiger partial charge in [0.2, 0.25) is 0 Å². The highest BCUT2D eigenvalue weighted by molar-refractivity contribution is 5.98. The van der Waals surface area contributed by atoms with E-state index in [2.05, 4.69) is 10.6 Å². The quantitative estimate of drug-likeness (QED) is 0.291. The molecule has 0 amide bonds. The molecule has 0 aliphatic heterocycles. The third-order valence-corrected chi connectivity index (χ3v) is 5.00. The number of carbonyl (C=O) groups is 1. The molecule has 0 fully saturated rings. The van der Waals surface area contributed by atoms with E-state index < -0.39 is 6.10 Å². The fourth-order valence-corrected chi connectivity index (χ4v) is 3.26. The molecule has 0 aromatic heterocycles. The van der Waals surface area contributed by atoms with Crippen LogP contribution in [0.4, 0.5) is 5.69 Å². The Bertz CT molecular complexity index is 927. The number of Topliss-reactive ketones (excluding diaryl/α,β-unsaturated/α-hetero) is 1. The molecular formula is C25H28N2O3. The molecule has 0 radical (unpaired) electrons. The van der Waals surface area contributed by atoms with Gasteiger partial charge in [-0.15, -0.1) is 0 Å². The summed E-state index contributed by atoms with van der Waals surface area (Å²) in [4.78, 5) is 12.3. The minimum absolute atomic E-state index is 0.0174. The number of aliphatic hydroxyl groups is 2. The summed E-state index contributed by atoms with van der Waals surface area (Å²) in [5.74, 6) is -0.0174. The molecule has 4 N–H and O–H groups in total. The Morgan fingerprint density at radius 2 is 1.60 bits per heavy atom. The van der Waals surface area contributed by atoms with Crippen LogP contribution in [0.15, 0.2) is 78.9 Å². The molecule has 1 atom stereocenters. The van der Waals surface area contributed by atoms with E-state index in [1.807, 2.05) is 60.7 Å². The molecule has 3 aromatic rings. The first-order valence-corrected chi connectivity index (χ1v) is 10.2. The molecule has 0 bridgehead atoms. The summed E-state index contributed by atoms with van der Waals surface area (Å²) in [7, 11) is 0. The van der Waals surface area contributed by atoms with Crippen molar-refractivity contribution in [2.75, 3.05) is 25.0 Å². The number of carbonyl (C=O) groups excluding carboxylic acids is 1. The maximum atomic E-state index is 12.3. The third kappa shape index (κ3) is 6.26. The Morgan fingerprint density at radius 3 is 2.33 bits per heavy atom. The molecule has 0 heterocycles.